The van der Waals surface area contributed by atoms with Gasteiger partial charge in [0.1, 0.15) is 5.65 Å². The van der Waals surface area contributed by atoms with Crippen molar-refractivity contribution in [3.8, 4) is 17.0 Å². The van der Waals surface area contributed by atoms with E-state index < -0.39 is 0 Å². The van der Waals surface area contributed by atoms with Crippen LogP contribution >= 0.6 is 11.3 Å². The summed E-state index contributed by atoms with van der Waals surface area (Å²) >= 11 is 1.69. The van der Waals surface area contributed by atoms with Crippen molar-refractivity contribution in [1.82, 2.24) is 15.0 Å². The number of nitrogens with one attached hydrogen (secondary N) is 1. The molecular weight excluding hydrogens is 306 g/mol. The lowest BCUT2D eigenvalue weighted by Gasteiger charge is -2.03. The van der Waals surface area contributed by atoms with Crippen molar-refractivity contribution < 1.29 is 4.74 Å². The van der Waals surface area contributed by atoms with Gasteiger partial charge in [-0.2, -0.15) is 11.3 Å². The summed E-state index contributed by atoms with van der Waals surface area (Å²) < 4.78 is 5.20. The highest BCUT2D eigenvalue weighted by Gasteiger charge is 2.09. The van der Waals surface area contributed by atoms with E-state index in [-0.39, 0.29) is 0 Å². The van der Waals surface area contributed by atoms with Gasteiger partial charge >= 0.3 is 0 Å². The molecule has 0 unspecified atom stereocenters. The fourth-order valence-electron chi connectivity index (χ4n) is 2.66. The number of aromatic amines is 1. The van der Waals surface area contributed by atoms with Crippen LogP contribution in [0, 0.1) is 0 Å². The maximum absolute atomic E-state index is 5.20. The van der Waals surface area contributed by atoms with Crippen LogP contribution in [-0.4, -0.2) is 22.1 Å². The molecule has 0 bridgehead atoms. The molecule has 0 spiro atoms. The van der Waals surface area contributed by atoms with Crippen molar-refractivity contribution in [1.29, 1.82) is 0 Å². The first-order chi connectivity index (χ1) is 11.3. The number of nitrogens with zero attached hydrogens (tertiary/aromatic N) is 2. The zero-order chi connectivity index (χ0) is 15.6. The molecule has 4 aromatic heterocycles. The van der Waals surface area contributed by atoms with Crippen LogP contribution in [0.3, 0.4) is 0 Å². The molecule has 23 heavy (non-hydrogen) atoms. The first-order valence-corrected chi connectivity index (χ1v) is 8.26. The van der Waals surface area contributed by atoms with Crippen molar-refractivity contribution in [2.24, 2.45) is 0 Å². The largest absolute Gasteiger partial charge is 0.481 e. The van der Waals surface area contributed by atoms with Crippen LogP contribution in [0.2, 0.25) is 0 Å². The van der Waals surface area contributed by atoms with Crippen LogP contribution < -0.4 is 4.74 Å². The summed E-state index contributed by atoms with van der Waals surface area (Å²) in [7, 11) is 1.63. The maximum atomic E-state index is 5.20. The number of methoxy groups -OCH3 is 1. The Morgan fingerprint density at radius 3 is 3.00 bits per heavy atom. The van der Waals surface area contributed by atoms with Crippen molar-refractivity contribution >= 4 is 22.4 Å². The molecule has 0 saturated heterocycles. The van der Waals surface area contributed by atoms with Gasteiger partial charge in [0.25, 0.3) is 0 Å². The normalized spacial score (nSPS) is 11.0. The molecule has 4 nitrogen and oxygen atoms in total. The summed E-state index contributed by atoms with van der Waals surface area (Å²) in [6.07, 6.45) is 4.66. The smallest absolute Gasteiger partial charge is 0.213 e. The van der Waals surface area contributed by atoms with E-state index in [2.05, 4.69) is 37.8 Å². The van der Waals surface area contributed by atoms with E-state index in [9.17, 15) is 0 Å². The molecular formula is C18H15N3OS. The Labute approximate surface area is 137 Å². The molecule has 4 heterocycles. The minimum absolute atomic E-state index is 0.638. The molecule has 0 amide bonds. The van der Waals surface area contributed by atoms with Crippen LogP contribution in [0.1, 0.15) is 11.3 Å². The van der Waals surface area contributed by atoms with Gasteiger partial charge in [-0.15, -0.1) is 0 Å². The van der Waals surface area contributed by atoms with Gasteiger partial charge in [0.05, 0.1) is 7.11 Å². The highest BCUT2D eigenvalue weighted by molar-refractivity contribution is 7.08. The first kappa shape index (κ1) is 14.0. The Bertz CT molecular complexity index is 944. The number of hydrogen-bond donors (Lipinski definition) is 1. The quantitative estimate of drug-likeness (QED) is 0.610. The molecule has 5 heteroatoms. The minimum atomic E-state index is 0.638. The Hall–Kier alpha value is -2.66. The first-order valence-electron chi connectivity index (χ1n) is 7.32. The fraction of sp³-hybridized carbons (Fsp3) is 0.111. The number of ether oxygens (including phenoxy) is 1. The average molecular weight is 321 g/mol. The van der Waals surface area contributed by atoms with Gasteiger partial charge in [-0.25, -0.2) is 9.97 Å². The van der Waals surface area contributed by atoms with E-state index in [0.29, 0.717) is 5.88 Å². The molecule has 0 saturated carbocycles. The second kappa shape index (κ2) is 5.85. The average Bonchev–Trinajstić information content (AvgIpc) is 3.25. The van der Waals surface area contributed by atoms with Crippen molar-refractivity contribution in [3.05, 3.63) is 64.7 Å². The Morgan fingerprint density at radius 1 is 1.22 bits per heavy atom. The summed E-state index contributed by atoms with van der Waals surface area (Å²) in [5.74, 6) is 0.638. The van der Waals surface area contributed by atoms with Crippen molar-refractivity contribution in [2.45, 2.75) is 6.42 Å². The lowest BCUT2D eigenvalue weighted by molar-refractivity contribution is 0.396. The third-order valence-corrected chi connectivity index (χ3v) is 4.52. The zero-order valence-electron chi connectivity index (χ0n) is 12.6. The Balaban J connectivity index is 1.73. The molecule has 4 rings (SSSR count). The minimum Gasteiger partial charge on any atom is -0.481 e. The SMILES string of the molecule is COc1cccc(Cc2c[nH]c3ncc(-c4ccsc4)cc23)n1. The van der Waals surface area contributed by atoms with Gasteiger partial charge in [0, 0.05) is 41.5 Å². The summed E-state index contributed by atoms with van der Waals surface area (Å²) in [5.41, 5.74) is 5.41. The van der Waals surface area contributed by atoms with E-state index in [1.54, 1.807) is 18.4 Å². The number of pyridine rings is 2. The van der Waals surface area contributed by atoms with Crippen molar-refractivity contribution in [3.63, 3.8) is 0 Å². The third kappa shape index (κ3) is 2.71. The molecule has 1 N–H and O–H groups in total. The molecule has 0 aromatic carbocycles. The monoisotopic (exact) mass is 321 g/mol. The van der Waals surface area contributed by atoms with Gasteiger partial charge in [-0.05, 0) is 40.1 Å². The number of aromatic nitrogens is 3. The van der Waals surface area contributed by atoms with Gasteiger partial charge in [0.2, 0.25) is 5.88 Å². The van der Waals surface area contributed by atoms with Gasteiger partial charge in [-0.3, -0.25) is 0 Å². The number of rotatable bonds is 4. The lowest BCUT2D eigenvalue weighted by atomic mass is 10.1. The molecule has 0 radical (unpaired) electrons. The Morgan fingerprint density at radius 2 is 2.17 bits per heavy atom. The number of hydrogen-bond acceptors (Lipinski definition) is 4. The summed E-state index contributed by atoms with van der Waals surface area (Å²) in [6, 6.07) is 10.1. The van der Waals surface area contributed by atoms with E-state index in [4.69, 9.17) is 4.74 Å². The second-order valence-corrected chi connectivity index (χ2v) is 6.07. The van der Waals surface area contributed by atoms with Gasteiger partial charge in [-0.1, -0.05) is 6.07 Å². The summed E-state index contributed by atoms with van der Waals surface area (Å²) in [4.78, 5) is 12.3. The molecule has 0 aliphatic rings. The van der Waals surface area contributed by atoms with E-state index >= 15 is 0 Å². The highest BCUT2D eigenvalue weighted by Crippen LogP contribution is 2.27. The third-order valence-electron chi connectivity index (χ3n) is 3.83. The van der Waals surface area contributed by atoms with Crippen LogP contribution in [0.4, 0.5) is 0 Å². The maximum Gasteiger partial charge on any atom is 0.213 e. The van der Waals surface area contributed by atoms with Crippen LogP contribution in [-0.2, 0) is 6.42 Å². The Kier molecular flexibility index (Phi) is 3.55. The zero-order valence-corrected chi connectivity index (χ0v) is 13.4. The molecule has 0 fully saturated rings. The molecule has 0 aliphatic heterocycles. The van der Waals surface area contributed by atoms with E-state index in [1.165, 1.54) is 11.1 Å². The molecule has 114 valence electrons. The predicted molar refractivity (Wildman–Crippen MR) is 93.0 cm³/mol. The fourth-order valence-corrected chi connectivity index (χ4v) is 3.32. The van der Waals surface area contributed by atoms with Crippen LogP contribution in [0.15, 0.2) is 53.5 Å². The predicted octanol–water partition coefficient (Wildman–Crippen LogP) is 4.29. The summed E-state index contributed by atoms with van der Waals surface area (Å²) in [5, 5.41) is 5.36. The highest BCUT2D eigenvalue weighted by atomic mass is 32.1. The second-order valence-electron chi connectivity index (χ2n) is 5.29. The number of thiophene rings is 1. The van der Waals surface area contributed by atoms with Crippen molar-refractivity contribution in [2.75, 3.05) is 7.11 Å². The number of fused-ring (bicyclic) bond motifs is 1. The molecule has 4 aromatic rings. The van der Waals surface area contributed by atoms with Crippen LogP contribution in [0.5, 0.6) is 5.88 Å². The van der Waals surface area contributed by atoms with Gasteiger partial charge < -0.3 is 9.72 Å². The molecule has 0 atom stereocenters. The lowest BCUT2D eigenvalue weighted by Crippen LogP contribution is -1.94. The summed E-state index contributed by atoms with van der Waals surface area (Å²) in [6.45, 7) is 0. The van der Waals surface area contributed by atoms with E-state index in [1.807, 2.05) is 30.6 Å². The topological polar surface area (TPSA) is 50.8 Å². The van der Waals surface area contributed by atoms with Crippen LogP contribution in [0.25, 0.3) is 22.2 Å². The number of H-pyrrole nitrogens is 1. The molecule has 0 aliphatic carbocycles. The van der Waals surface area contributed by atoms with E-state index in [0.717, 1.165) is 28.7 Å². The standard InChI is InChI=1S/C18H15N3OS/c1-22-17-4-2-3-15(21-17)7-14-10-20-18-16(14)8-13(9-19-18)12-5-6-23-11-12/h2-6,8-11H,7H2,1H3,(H,19,20). The van der Waals surface area contributed by atoms with Gasteiger partial charge in [0.15, 0.2) is 0 Å².